The lowest BCUT2D eigenvalue weighted by Gasteiger charge is -2.10. The van der Waals surface area contributed by atoms with Gasteiger partial charge in [-0.25, -0.2) is 0 Å². The molecular formula is C10H17N2O5P. The summed E-state index contributed by atoms with van der Waals surface area (Å²) in [4.78, 5) is 21.3. The predicted octanol–water partition coefficient (Wildman–Crippen LogP) is -0.359. The molecule has 0 aromatic carbocycles. The van der Waals surface area contributed by atoms with E-state index < -0.39 is 13.9 Å². The third-order valence-corrected chi connectivity index (χ3v) is 3.18. The number of rotatable bonds is 6. The number of aliphatic hydroxyl groups excluding tert-OH is 1. The van der Waals surface area contributed by atoms with E-state index in [2.05, 4.69) is 10.3 Å². The highest BCUT2D eigenvalue weighted by Crippen LogP contribution is 2.32. The maximum absolute atomic E-state index is 10.6. The van der Waals surface area contributed by atoms with Crippen LogP contribution >= 0.6 is 7.60 Å². The summed E-state index contributed by atoms with van der Waals surface area (Å²) in [6, 6.07) is 1.59. The Bertz CT molecular complexity index is 446. The summed E-state index contributed by atoms with van der Waals surface area (Å²) in [7, 11) is -3.98. The third kappa shape index (κ3) is 5.22. The lowest BCUT2D eigenvalue weighted by molar-refractivity contribution is -0.0432. The summed E-state index contributed by atoms with van der Waals surface area (Å²) in [6.45, 7) is 2.20. The SMILES string of the molecule is Cc1ncc(CNCCP(=O)(O)O)cc1C(O)O. The average molecular weight is 276 g/mol. The first kappa shape index (κ1) is 15.2. The minimum absolute atomic E-state index is 0.176. The Morgan fingerprint density at radius 2 is 2.11 bits per heavy atom. The third-order valence-electron chi connectivity index (χ3n) is 2.37. The van der Waals surface area contributed by atoms with Crippen molar-refractivity contribution in [3.63, 3.8) is 0 Å². The fraction of sp³-hybridized carbons (Fsp3) is 0.500. The van der Waals surface area contributed by atoms with Gasteiger partial charge in [0.1, 0.15) is 0 Å². The summed E-state index contributed by atoms with van der Waals surface area (Å²) in [5.41, 5.74) is 1.57. The number of nitrogens with zero attached hydrogens (tertiary/aromatic N) is 1. The first-order chi connectivity index (χ1) is 8.29. The maximum atomic E-state index is 10.6. The molecular weight excluding hydrogens is 259 g/mol. The standard InChI is InChI=1S/C10H17N2O5P/c1-7-9(10(13)14)4-8(6-12-7)5-11-2-3-18(15,16)17/h4,6,10-11,13-14H,2-3,5H2,1H3,(H2,15,16,17). The Hall–Kier alpha value is -0.820. The largest absolute Gasteiger partial charge is 0.364 e. The zero-order valence-electron chi connectivity index (χ0n) is 9.94. The number of hydrogen-bond acceptors (Lipinski definition) is 5. The van der Waals surface area contributed by atoms with Gasteiger partial charge in [-0.3, -0.25) is 9.55 Å². The predicted molar refractivity (Wildman–Crippen MR) is 64.8 cm³/mol. The fourth-order valence-electron chi connectivity index (χ4n) is 1.41. The van der Waals surface area contributed by atoms with E-state index in [-0.39, 0.29) is 12.7 Å². The molecule has 1 aromatic heterocycles. The lowest BCUT2D eigenvalue weighted by atomic mass is 10.1. The Kier molecular flexibility index (Phi) is 5.40. The second kappa shape index (κ2) is 6.38. The zero-order chi connectivity index (χ0) is 13.8. The van der Waals surface area contributed by atoms with Crippen molar-refractivity contribution >= 4 is 7.60 Å². The molecule has 0 saturated heterocycles. The van der Waals surface area contributed by atoms with Crippen molar-refractivity contribution in [1.29, 1.82) is 0 Å². The van der Waals surface area contributed by atoms with Gasteiger partial charge in [-0.2, -0.15) is 0 Å². The van der Waals surface area contributed by atoms with Crippen LogP contribution in [0, 0.1) is 6.92 Å². The molecule has 0 fully saturated rings. The van der Waals surface area contributed by atoms with Crippen molar-refractivity contribution in [1.82, 2.24) is 10.3 Å². The quantitative estimate of drug-likeness (QED) is 0.273. The molecule has 0 aliphatic carbocycles. The van der Waals surface area contributed by atoms with Crippen LogP contribution in [0.1, 0.15) is 23.1 Å². The van der Waals surface area contributed by atoms with Crippen LogP contribution in [-0.2, 0) is 11.1 Å². The number of aryl methyl sites for hydroxylation is 1. The molecule has 8 heteroatoms. The number of hydrogen-bond donors (Lipinski definition) is 5. The molecule has 0 bridgehead atoms. The minimum atomic E-state index is -3.98. The Balaban J connectivity index is 2.53. The normalized spacial score (nSPS) is 12.1. The first-order valence-corrected chi connectivity index (χ1v) is 7.16. The molecule has 1 rings (SSSR count). The van der Waals surface area contributed by atoms with Crippen LogP contribution in [0.4, 0.5) is 0 Å². The molecule has 18 heavy (non-hydrogen) atoms. The second-order valence-electron chi connectivity index (χ2n) is 3.96. The van der Waals surface area contributed by atoms with E-state index in [0.717, 1.165) is 5.56 Å². The van der Waals surface area contributed by atoms with Crippen LogP contribution in [-0.4, -0.2) is 37.7 Å². The molecule has 0 aliphatic heterocycles. The molecule has 5 N–H and O–H groups in total. The molecule has 0 radical (unpaired) electrons. The van der Waals surface area contributed by atoms with E-state index in [1.165, 1.54) is 0 Å². The van der Waals surface area contributed by atoms with Crippen LogP contribution in [0.5, 0.6) is 0 Å². The summed E-state index contributed by atoms with van der Waals surface area (Å²) in [6.07, 6.45) is -0.236. The van der Waals surface area contributed by atoms with Gasteiger partial charge >= 0.3 is 7.60 Å². The molecule has 0 aliphatic rings. The Morgan fingerprint density at radius 3 is 2.67 bits per heavy atom. The van der Waals surface area contributed by atoms with Crippen molar-refractivity contribution in [2.75, 3.05) is 12.7 Å². The van der Waals surface area contributed by atoms with Crippen molar-refractivity contribution in [2.24, 2.45) is 0 Å². The topological polar surface area (TPSA) is 123 Å². The molecule has 1 aromatic rings. The van der Waals surface area contributed by atoms with E-state index in [1.807, 2.05) is 0 Å². The summed E-state index contributed by atoms with van der Waals surface area (Å²) < 4.78 is 10.6. The highest BCUT2D eigenvalue weighted by molar-refractivity contribution is 7.51. The monoisotopic (exact) mass is 276 g/mol. The summed E-state index contributed by atoms with van der Waals surface area (Å²) in [5, 5.41) is 21.0. The van der Waals surface area contributed by atoms with E-state index >= 15 is 0 Å². The van der Waals surface area contributed by atoms with Gasteiger partial charge in [-0.1, -0.05) is 0 Å². The summed E-state index contributed by atoms with van der Waals surface area (Å²) in [5.74, 6) is 0. The van der Waals surface area contributed by atoms with Crippen LogP contribution in [0.15, 0.2) is 12.3 Å². The van der Waals surface area contributed by atoms with Crippen LogP contribution in [0.3, 0.4) is 0 Å². The lowest BCUT2D eigenvalue weighted by Crippen LogP contribution is -2.18. The number of pyridine rings is 1. The number of aliphatic hydroxyl groups is 2. The molecule has 7 nitrogen and oxygen atoms in total. The maximum Gasteiger partial charge on any atom is 0.326 e. The highest BCUT2D eigenvalue weighted by atomic mass is 31.2. The molecule has 0 saturated carbocycles. The van der Waals surface area contributed by atoms with E-state index in [1.54, 1.807) is 19.2 Å². The van der Waals surface area contributed by atoms with E-state index in [4.69, 9.17) is 20.0 Å². The van der Waals surface area contributed by atoms with Crippen molar-refractivity contribution in [3.8, 4) is 0 Å². The second-order valence-corrected chi connectivity index (χ2v) is 5.73. The fourth-order valence-corrected chi connectivity index (χ4v) is 1.86. The van der Waals surface area contributed by atoms with Crippen molar-refractivity contribution in [2.45, 2.75) is 19.8 Å². The Morgan fingerprint density at radius 1 is 1.44 bits per heavy atom. The Labute approximate surface area is 105 Å². The van der Waals surface area contributed by atoms with Gasteiger partial charge in [-0.05, 0) is 18.6 Å². The zero-order valence-corrected chi connectivity index (χ0v) is 10.8. The van der Waals surface area contributed by atoms with Gasteiger partial charge in [0, 0.05) is 30.5 Å². The van der Waals surface area contributed by atoms with Gasteiger partial charge in [0.2, 0.25) is 0 Å². The molecule has 0 spiro atoms. The first-order valence-electron chi connectivity index (χ1n) is 5.36. The molecule has 102 valence electrons. The minimum Gasteiger partial charge on any atom is -0.364 e. The molecule has 0 amide bonds. The average Bonchev–Trinajstić information content (AvgIpc) is 2.24. The van der Waals surface area contributed by atoms with E-state index in [0.29, 0.717) is 17.8 Å². The number of nitrogens with one attached hydrogen (secondary N) is 1. The highest BCUT2D eigenvalue weighted by Gasteiger charge is 2.12. The molecule has 1 heterocycles. The van der Waals surface area contributed by atoms with Crippen LogP contribution in [0.2, 0.25) is 0 Å². The van der Waals surface area contributed by atoms with Gasteiger partial charge in [0.15, 0.2) is 6.29 Å². The van der Waals surface area contributed by atoms with Crippen molar-refractivity contribution in [3.05, 3.63) is 29.1 Å². The van der Waals surface area contributed by atoms with Gasteiger partial charge in [0.05, 0.1) is 6.16 Å². The van der Waals surface area contributed by atoms with Crippen molar-refractivity contribution < 1.29 is 24.6 Å². The molecule has 0 atom stereocenters. The number of aromatic nitrogens is 1. The van der Waals surface area contributed by atoms with Crippen LogP contribution < -0.4 is 5.32 Å². The summed E-state index contributed by atoms with van der Waals surface area (Å²) >= 11 is 0. The van der Waals surface area contributed by atoms with Gasteiger partial charge < -0.3 is 25.3 Å². The van der Waals surface area contributed by atoms with E-state index in [9.17, 15) is 4.57 Å². The van der Waals surface area contributed by atoms with Gasteiger partial charge in [0.25, 0.3) is 0 Å². The van der Waals surface area contributed by atoms with Crippen LogP contribution in [0.25, 0.3) is 0 Å². The van der Waals surface area contributed by atoms with Gasteiger partial charge in [-0.15, -0.1) is 0 Å². The molecule has 0 unspecified atom stereocenters. The smallest absolute Gasteiger partial charge is 0.326 e.